The van der Waals surface area contributed by atoms with Crippen molar-refractivity contribution in [1.29, 1.82) is 0 Å². The van der Waals surface area contributed by atoms with Gasteiger partial charge in [0.2, 0.25) is 17.7 Å². The Kier molecular flexibility index (Phi) is 12.9. The van der Waals surface area contributed by atoms with Gasteiger partial charge in [0.1, 0.15) is 23.9 Å². The van der Waals surface area contributed by atoms with Crippen molar-refractivity contribution in [2.75, 3.05) is 12.0 Å². The van der Waals surface area contributed by atoms with E-state index in [1.807, 2.05) is 0 Å². The van der Waals surface area contributed by atoms with Gasteiger partial charge in [-0.15, -0.1) is 0 Å². The largest absolute Gasteiger partial charge is 0.508 e. The van der Waals surface area contributed by atoms with Crippen molar-refractivity contribution in [2.24, 2.45) is 5.73 Å². The van der Waals surface area contributed by atoms with Crippen molar-refractivity contribution in [3.63, 3.8) is 0 Å². The van der Waals surface area contributed by atoms with Gasteiger partial charge in [-0.05, 0) is 36.1 Å². The maximum atomic E-state index is 13.1. The first-order chi connectivity index (χ1) is 17.3. The quantitative estimate of drug-likeness (QED) is 0.119. The predicted octanol–water partition coefficient (Wildman–Crippen LogP) is -1.50. The molecule has 0 aliphatic heterocycles. The zero-order chi connectivity index (χ0) is 28.1. The predicted molar refractivity (Wildman–Crippen MR) is 131 cm³/mol. The summed E-state index contributed by atoms with van der Waals surface area (Å²) in [6.07, 6.45) is 0.0876. The van der Waals surface area contributed by atoms with E-state index in [0.29, 0.717) is 11.3 Å². The number of phenols is 1. The number of benzene rings is 1. The molecule has 1 aromatic carbocycles. The first kappa shape index (κ1) is 31.2. The van der Waals surface area contributed by atoms with Crippen molar-refractivity contribution in [3.8, 4) is 5.75 Å². The number of nitrogens with one attached hydrogen (secondary N) is 3. The van der Waals surface area contributed by atoms with Gasteiger partial charge >= 0.3 is 17.9 Å². The number of hydrogen-bond donors (Lipinski definition) is 8. The molecule has 204 valence electrons. The summed E-state index contributed by atoms with van der Waals surface area (Å²) in [6, 6.07) is -0.119. The number of nitrogens with two attached hydrogens (primary N) is 1. The van der Waals surface area contributed by atoms with Crippen LogP contribution in [0.4, 0.5) is 0 Å². The van der Waals surface area contributed by atoms with Crippen LogP contribution in [0.25, 0.3) is 0 Å². The lowest BCUT2D eigenvalue weighted by Crippen LogP contribution is -2.58. The fourth-order valence-corrected chi connectivity index (χ4v) is 3.53. The second-order valence-electron chi connectivity index (χ2n) is 7.98. The Bertz CT molecular complexity index is 988. The number of carbonyl (C=O) groups excluding carboxylic acids is 3. The highest BCUT2D eigenvalue weighted by atomic mass is 32.2. The lowest BCUT2D eigenvalue weighted by Gasteiger charge is -2.25. The van der Waals surface area contributed by atoms with Crippen LogP contribution in [0.2, 0.25) is 0 Å². The van der Waals surface area contributed by atoms with E-state index < -0.39 is 72.6 Å². The molecule has 1 aromatic rings. The molecule has 0 saturated carbocycles. The van der Waals surface area contributed by atoms with Crippen molar-refractivity contribution in [1.82, 2.24) is 16.0 Å². The molecule has 0 aliphatic carbocycles. The number of carboxylic acids is 3. The van der Waals surface area contributed by atoms with E-state index in [2.05, 4.69) is 16.0 Å². The smallest absolute Gasteiger partial charge is 0.326 e. The molecule has 4 unspecified atom stereocenters. The highest BCUT2D eigenvalue weighted by molar-refractivity contribution is 7.98. The molecule has 15 heteroatoms. The SMILES string of the molecule is CSCCC(NC(=O)C(Cc1ccc(O)cc1)NC(=O)C(N)CC(=O)O)C(=O)NC(CC(=O)O)C(=O)O. The molecule has 14 nitrogen and oxygen atoms in total. The van der Waals surface area contributed by atoms with Crippen molar-refractivity contribution >= 4 is 47.4 Å². The molecule has 0 aromatic heterocycles. The zero-order valence-corrected chi connectivity index (χ0v) is 20.7. The molecule has 0 spiro atoms. The van der Waals surface area contributed by atoms with Crippen LogP contribution in [0.5, 0.6) is 5.75 Å². The Balaban J connectivity index is 3.13. The van der Waals surface area contributed by atoms with E-state index in [-0.39, 0.29) is 18.6 Å². The molecular weight excluding hydrogens is 512 g/mol. The minimum absolute atomic E-state index is 0.0413. The highest BCUT2D eigenvalue weighted by Crippen LogP contribution is 2.12. The normalized spacial score (nSPS) is 13.9. The lowest BCUT2D eigenvalue weighted by atomic mass is 10.0. The molecule has 0 bridgehead atoms. The Morgan fingerprint density at radius 2 is 1.32 bits per heavy atom. The third-order valence-electron chi connectivity index (χ3n) is 4.98. The van der Waals surface area contributed by atoms with Gasteiger partial charge in [-0.3, -0.25) is 24.0 Å². The van der Waals surface area contributed by atoms with Gasteiger partial charge in [0, 0.05) is 6.42 Å². The van der Waals surface area contributed by atoms with E-state index in [9.17, 15) is 39.0 Å². The fourth-order valence-electron chi connectivity index (χ4n) is 3.06. The minimum atomic E-state index is -1.74. The summed E-state index contributed by atoms with van der Waals surface area (Å²) < 4.78 is 0. The molecule has 9 N–H and O–H groups in total. The maximum absolute atomic E-state index is 13.1. The second kappa shape index (κ2) is 15.3. The number of thioether (sulfide) groups is 1. The van der Waals surface area contributed by atoms with Gasteiger partial charge in [-0.2, -0.15) is 11.8 Å². The van der Waals surface area contributed by atoms with Gasteiger partial charge in [0.05, 0.1) is 18.9 Å². The topological polar surface area (TPSA) is 245 Å². The third-order valence-corrected chi connectivity index (χ3v) is 5.62. The third kappa shape index (κ3) is 11.6. The summed E-state index contributed by atoms with van der Waals surface area (Å²) in [6.45, 7) is 0. The standard InChI is InChI=1S/C22H30N4O10S/c1-37-7-6-14(20(33)26-16(22(35)36)10-18(30)31)24-21(34)15(8-11-2-4-12(27)5-3-11)25-19(32)13(23)9-17(28)29/h2-5,13-16,27H,6-10,23H2,1H3,(H,24,34)(H,25,32)(H,26,33)(H,28,29)(H,30,31)(H,35,36). The molecule has 0 heterocycles. The Morgan fingerprint density at radius 3 is 1.84 bits per heavy atom. The summed E-state index contributed by atoms with van der Waals surface area (Å²) in [5, 5.41) is 43.4. The number of aromatic hydroxyl groups is 1. The van der Waals surface area contributed by atoms with E-state index >= 15 is 0 Å². The Hall–Kier alpha value is -3.85. The van der Waals surface area contributed by atoms with Crippen LogP contribution in [0, 0.1) is 0 Å². The highest BCUT2D eigenvalue weighted by Gasteiger charge is 2.31. The van der Waals surface area contributed by atoms with Gasteiger partial charge in [0.15, 0.2) is 0 Å². The molecule has 3 amide bonds. The number of rotatable bonds is 16. The van der Waals surface area contributed by atoms with E-state index in [1.54, 1.807) is 6.26 Å². The fraction of sp³-hybridized carbons (Fsp3) is 0.455. The van der Waals surface area contributed by atoms with Crippen LogP contribution in [-0.4, -0.2) is 92.2 Å². The summed E-state index contributed by atoms with van der Waals surface area (Å²) >= 11 is 1.34. The lowest BCUT2D eigenvalue weighted by molar-refractivity contribution is -0.147. The first-order valence-corrected chi connectivity index (χ1v) is 12.3. The van der Waals surface area contributed by atoms with Crippen LogP contribution >= 0.6 is 11.8 Å². The van der Waals surface area contributed by atoms with E-state index in [1.165, 1.54) is 36.0 Å². The number of phenolic OH excluding ortho intramolecular Hbond substituents is 1. The van der Waals surface area contributed by atoms with Crippen LogP contribution in [0.1, 0.15) is 24.8 Å². The van der Waals surface area contributed by atoms with Crippen LogP contribution < -0.4 is 21.7 Å². The van der Waals surface area contributed by atoms with Crippen molar-refractivity contribution in [2.45, 2.75) is 49.9 Å². The Labute approximate surface area is 216 Å². The molecule has 37 heavy (non-hydrogen) atoms. The van der Waals surface area contributed by atoms with Crippen LogP contribution in [0.3, 0.4) is 0 Å². The van der Waals surface area contributed by atoms with Gasteiger partial charge in [0.25, 0.3) is 0 Å². The van der Waals surface area contributed by atoms with Crippen LogP contribution in [0.15, 0.2) is 24.3 Å². The molecule has 0 radical (unpaired) electrons. The summed E-state index contributed by atoms with van der Waals surface area (Å²) in [5.74, 6) is -6.75. The molecule has 0 fully saturated rings. The summed E-state index contributed by atoms with van der Waals surface area (Å²) in [5.41, 5.74) is 6.09. The number of aliphatic carboxylic acids is 3. The molecule has 0 saturated heterocycles. The second-order valence-corrected chi connectivity index (χ2v) is 8.96. The van der Waals surface area contributed by atoms with E-state index in [0.717, 1.165) is 0 Å². The van der Waals surface area contributed by atoms with E-state index in [4.69, 9.17) is 15.9 Å². The minimum Gasteiger partial charge on any atom is -0.508 e. The molecular formula is C22H30N4O10S. The van der Waals surface area contributed by atoms with Crippen molar-refractivity contribution in [3.05, 3.63) is 29.8 Å². The number of amides is 3. The summed E-state index contributed by atoms with van der Waals surface area (Å²) in [7, 11) is 0. The first-order valence-electron chi connectivity index (χ1n) is 10.9. The molecule has 0 aliphatic rings. The molecule has 4 atom stereocenters. The van der Waals surface area contributed by atoms with Crippen LogP contribution in [-0.2, 0) is 35.2 Å². The number of carbonyl (C=O) groups is 6. The zero-order valence-electron chi connectivity index (χ0n) is 19.9. The monoisotopic (exact) mass is 542 g/mol. The van der Waals surface area contributed by atoms with Gasteiger partial charge in [-0.1, -0.05) is 12.1 Å². The Morgan fingerprint density at radius 1 is 0.811 bits per heavy atom. The number of carboxylic acid groups (broad SMARTS) is 3. The average Bonchev–Trinajstić information content (AvgIpc) is 2.81. The average molecular weight is 543 g/mol. The van der Waals surface area contributed by atoms with Gasteiger partial charge in [-0.25, -0.2) is 4.79 Å². The molecule has 1 rings (SSSR count). The number of hydrogen-bond acceptors (Lipinski definition) is 9. The summed E-state index contributed by atoms with van der Waals surface area (Å²) in [4.78, 5) is 71.5. The maximum Gasteiger partial charge on any atom is 0.326 e. The van der Waals surface area contributed by atoms with Crippen molar-refractivity contribution < 1.29 is 49.2 Å². The van der Waals surface area contributed by atoms with Gasteiger partial charge < -0.3 is 42.1 Å².